The van der Waals surface area contributed by atoms with Crippen LogP contribution in [0.3, 0.4) is 0 Å². The van der Waals surface area contributed by atoms with Crippen molar-refractivity contribution >= 4 is 15.7 Å². The van der Waals surface area contributed by atoms with Crippen LogP contribution in [-0.2, 0) is 9.84 Å². The molecule has 1 aromatic heterocycles. The predicted octanol–water partition coefficient (Wildman–Crippen LogP) is 2.08. The van der Waals surface area contributed by atoms with Crippen LogP contribution in [0.1, 0.15) is 35.8 Å². The smallest absolute Gasteiger partial charge is 0.274 e. The number of sulfone groups is 1. The summed E-state index contributed by atoms with van der Waals surface area (Å²) < 4.78 is 31.2. The Hall–Kier alpha value is -2.39. The van der Waals surface area contributed by atoms with E-state index in [1.54, 1.807) is 22.8 Å². The van der Waals surface area contributed by atoms with Gasteiger partial charge in [-0.2, -0.15) is 5.10 Å². The Morgan fingerprint density at radius 2 is 1.84 bits per heavy atom. The van der Waals surface area contributed by atoms with Gasteiger partial charge in [0.2, 0.25) is 0 Å². The minimum absolute atomic E-state index is 0.0518. The number of hydrogen-bond donors (Lipinski definition) is 0. The van der Waals surface area contributed by atoms with Crippen LogP contribution in [0.2, 0.25) is 0 Å². The van der Waals surface area contributed by atoms with Gasteiger partial charge in [0.1, 0.15) is 5.75 Å². The lowest BCUT2D eigenvalue weighted by Gasteiger charge is -2.34. The molecule has 8 nitrogen and oxygen atoms in total. The molecular weight excluding hydrogens is 416 g/mol. The molecule has 0 unspecified atom stereocenters. The van der Waals surface area contributed by atoms with E-state index in [-0.39, 0.29) is 29.5 Å². The third kappa shape index (κ3) is 4.62. The molecule has 0 radical (unpaired) electrons. The number of hydrogen-bond acceptors (Lipinski definition) is 6. The van der Waals surface area contributed by atoms with Crippen LogP contribution in [0.4, 0.5) is 0 Å². The van der Waals surface area contributed by atoms with E-state index in [1.165, 1.54) is 0 Å². The number of carbonyl (C=O) groups is 1. The average Bonchev–Trinajstić information content (AvgIpc) is 3.36. The summed E-state index contributed by atoms with van der Waals surface area (Å²) in [4.78, 5) is 17.3. The van der Waals surface area contributed by atoms with E-state index in [4.69, 9.17) is 4.74 Å². The zero-order valence-electron chi connectivity index (χ0n) is 18.3. The summed E-state index contributed by atoms with van der Waals surface area (Å²) in [6.07, 6.45) is 2.38. The van der Waals surface area contributed by atoms with E-state index in [9.17, 15) is 13.2 Å². The van der Waals surface area contributed by atoms with Gasteiger partial charge >= 0.3 is 0 Å². The minimum Gasteiger partial charge on any atom is -0.497 e. The molecular formula is C22H30N4O4S. The number of benzene rings is 1. The molecule has 9 heteroatoms. The first-order valence-corrected chi connectivity index (χ1v) is 12.5. The van der Waals surface area contributed by atoms with Crippen LogP contribution in [-0.4, -0.2) is 85.7 Å². The molecule has 1 amide bonds. The van der Waals surface area contributed by atoms with Crippen molar-refractivity contribution in [1.82, 2.24) is 19.6 Å². The van der Waals surface area contributed by atoms with Crippen LogP contribution >= 0.6 is 0 Å². The molecule has 2 aliphatic rings. The Labute approximate surface area is 183 Å². The molecule has 3 heterocycles. The zero-order valence-corrected chi connectivity index (χ0v) is 19.1. The highest BCUT2D eigenvalue weighted by molar-refractivity contribution is 7.91. The monoisotopic (exact) mass is 446 g/mol. The fourth-order valence-corrected chi connectivity index (χ4v) is 6.14. The number of rotatable bonds is 5. The minimum atomic E-state index is -3.08. The maximum atomic E-state index is 13.3. The Morgan fingerprint density at radius 3 is 2.42 bits per heavy atom. The van der Waals surface area contributed by atoms with E-state index in [2.05, 4.69) is 17.0 Å². The second-order valence-electron chi connectivity index (χ2n) is 8.60. The van der Waals surface area contributed by atoms with Gasteiger partial charge in [0.05, 0.1) is 30.4 Å². The summed E-state index contributed by atoms with van der Waals surface area (Å²) in [5, 5.41) is 4.63. The van der Waals surface area contributed by atoms with Crippen LogP contribution < -0.4 is 4.74 Å². The summed E-state index contributed by atoms with van der Waals surface area (Å²) in [6, 6.07) is 9.23. The van der Waals surface area contributed by atoms with E-state index in [1.807, 2.05) is 31.3 Å². The molecule has 1 aromatic carbocycles. The van der Waals surface area contributed by atoms with Gasteiger partial charge in [0, 0.05) is 18.7 Å². The van der Waals surface area contributed by atoms with Gasteiger partial charge in [0.25, 0.3) is 5.91 Å². The van der Waals surface area contributed by atoms with Crippen molar-refractivity contribution in [2.24, 2.45) is 0 Å². The molecule has 0 spiro atoms. The molecule has 2 saturated heterocycles. The van der Waals surface area contributed by atoms with Crippen molar-refractivity contribution in [1.29, 1.82) is 0 Å². The third-order valence-electron chi connectivity index (χ3n) is 6.45. The molecule has 31 heavy (non-hydrogen) atoms. The maximum Gasteiger partial charge on any atom is 0.274 e. The molecule has 0 N–H and O–H groups in total. The zero-order chi connectivity index (χ0) is 22.2. The van der Waals surface area contributed by atoms with Crippen molar-refractivity contribution < 1.29 is 17.9 Å². The Balaban J connectivity index is 1.66. The van der Waals surface area contributed by atoms with Crippen LogP contribution in [0, 0.1) is 0 Å². The van der Waals surface area contributed by atoms with Crippen LogP contribution in [0.25, 0.3) is 11.3 Å². The summed E-state index contributed by atoms with van der Waals surface area (Å²) in [7, 11) is 2.46. The van der Waals surface area contributed by atoms with Crippen molar-refractivity contribution in [2.75, 3.05) is 45.8 Å². The number of nitrogens with zero attached hydrogens (tertiary/aromatic N) is 4. The highest BCUT2D eigenvalue weighted by atomic mass is 32.2. The lowest BCUT2D eigenvalue weighted by atomic mass is 10.0. The second-order valence-corrected chi connectivity index (χ2v) is 10.8. The topological polar surface area (TPSA) is 84.7 Å². The summed E-state index contributed by atoms with van der Waals surface area (Å²) in [5.41, 5.74) is 1.99. The Morgan fingerprint density at radius 1 is 1.16 bits per heavy atom. The molecule has 0 saturated carbocycles. The number of methoxy groups -OCH3 is 1. The van der Waals surface area contributed by atoms with Gasteiger partial charge in [-0.25, -0.2) is 8.42 Å². The van der Waals surface area contributed by atoms with E-state index in [0.717, 1.165) is 42.9 Å². The summed E-state index contributed by atoms with van der Waals surface area (Å²) in [6.45, 7) is 1.93. The Kier molecular flexibility index (Phi) is 6.07. The van der Waals surface area contributed by atoms with Gasteiger partial charge in [-0.3, -0.25) is 9.48 Å². The van der Waals surface area contributed by atoms with Gasteiger partial charge < -0.3 is 14.5 Å². The lowest BCUT2D eigenvalue weighted by molar-refractivity contribution is 0.0652. The molecule has 168 valence electrons. The van der Waals surface area contributed by atoms with Crippen molar-refractivity contribution in [3.63, 3.8) is 0 Å². The average molecular weight is 447 g/mol. The summed E-state index contributed by atoms with van der Waals surface area (Å²) in [5.74, 6) is 0.815. The number of ether oxygens (including phenoxy) is 1. The first kappa shape index (κ1) is 21.8. The quantitative estimate of drug-likeness (QED) is 0.699. The van der Waals surface area contributed by atoms with Gasteiger partial charge in [0.15, 0.2) is 15.5 Å². The van der Waals surface area contributed by atoms with E-state index in [0.29, 0.717) is 12.1 Å². The Bertz CT molecular complexity index is 1040. The fraction of sp³-hybridized carbons (Fsp3) is 0.545. The van der Waals surface area contributed by atoms with Crippen LogP contribution in [0.5, 0.6) is 5.75 Å². The molecule has 4 rings (SSSR count). The number of aromatic nitrogens is 2. The maximum absolute atomic E-state index is 13.3. The standard InChI is InChI=1S/C22H30N4O4S/c1-24-11-8-17(9-12-24)25(2)22(27)20-14-21(16-4-6-19(30-3)7-5-16)26(23-20)18-10-13-31(28,29)15-18/h4-7,14,17-18H,8-13,15H2,1-3H3/t18-/m1/s1. The van der Waals surface area contributed by atoms with Crippen molar-refractivity contribution in [3.8, 4) is 17.0 Å². The fourth-order valence-electron chi connectivity index (χ4n) is 4.45. The number of likely N-dealkylation sites (tertiary alicyclic amines) is 1. The molecule has 0 aliphatic carbocycles. The predicted molar refractivity (Wildman–Crippen MR) is 119 cm³/mol. The van der Waals surface area contributed by atoms with Gasteiger partial charge in [-0.1, -0.05) is 0 Å². The first-order valence-electron chi connectivity index (χ1n) is 10.7. The number of carbonyl (C=O) groups excluding carboxylic acids is 1. The third-order valence-corrected chi connectivity index (χ3v) is 8.20. The molecule has 1 atom stereocenters. The SMILES string of the molecule is COc1ccc(-c2cc(C(=O)N(C)C3CCN(C)CC3)nn2[C@@H]2CCS(=O)(=O)C2)cc1. The van der Waals surface area contributed by atoms with Crippen LogP contribution in [0.15, 0.2) is 30.3 Å². The largest absolute Gasteiger partial charge is 0.497 e. The molecule has 2 fully saturated rings. The van der Waals surface area contributed by atoms with Gasteiger partial charge in [-0.05, 0) is 69.7 Å². The molecule has 2 aliphatic heterocycles. The summed E-state index contributed by atoms with van der Waals surface area (Å²) >= 11 is 0. The van der Waals surface area contributed by atoms with Gasteiger partial charge in [-0.15, -0.1) is 0 Å². The molecule has 2 aromatic rings. The highest BCUT2D eigenvalue weighted by Gasteiger charge is 2.33. The lowest BCUT2D eigenvalue weighted by Crippen LogP contribution is -2.44. The normalized spacial score (nSPS) is 21.8. The second kappa shape index (κ2) is 8.63. The highest BCUT2D eigenvalue weighted by Crippen LogP contribution is 2.31. The van der Waals surface area contributed by atoms with E-state index >= 15 is 0 Å². The van der Waals surface area contributed by atoms with Crippen molar-refractivity contribution in [3.05, 3.63) is 36.0 Å². The molecule has 0 bridgehead atoms. The number of amides is 1. The number of piperidine rings is 1. The van der Waals surface area contributed by atoms with Crippen molar-refractivity contribution in [2.45, 2.75) is 31.3 Å². The first-order chi connectivity index (χ1) is 14.8. The van der Waals surface area contributed by atoms with E-state index < -0.39 is 9.84 Å².